The van der Waals surface area contributed by atoms with Gasteiger partial charge in [-0.1, -0.05) is 0 Å². The van der Waals surface area contributed by atoms with Crippen molar-refractivity contribution in [3.63, 3.8) is 0 Å². The average Bonchev–Trinajstić information content (AvgIpc) is 2.60. The molecule has 0 aliphatic carbocycles. The molecule has 3 aliphatic rings. The van der Waals surface area contributed by atoms with Crippen molar-refractivity contribution >= 4 is 0 Å². The minimum Gasteiger partial charge on any atom is -0.375 e. The summed E-state index contributed by atoms with van der Waals surface area (Å²) in [6.45, 7) is 9.32. The van der Waals surface area contributed by atoms with Gasteiger partial charge in [0.1, 0.15) is 0 Å². The van der Waals surface area contributed by atoms with Crippen molar-refractivity contribution in [3.8, 4) is 0 Å². The molecule has 2 bridgehead atoms. The fourth-order valence-corrected chi connectivity index (χ4v) is 3.00. The first kappa shape index (κ1) is 9.13. The molecule has 3 nitrogen and oxygen atoms in total. The third-order valence-electron chi connectivity index (χ3n) is 4.03. The number of fused-ring (bicyclic) bond motifs is 2. The summed E-state index contributed by atoms with van der Waals surface area (Å²) < 4.78 is 5.62. The van der Waals surface area contributed by atoms with Crippen LogP contribution in [0.15, 0.2) is 0 Å². The lowest BCUT2D eigenvalue weighted by Gasteiger charge is -2.48. The van der Waals surface area contributed by atoms with Crippen molar-refractivity contribution in [1.82, 2.24) is 9.80 Å². The zero-order chi connectivity index (χ0) is 9.71. The second-order valence-corrected chi connectivity index (χ2v) is 5.24. The van der Waals surface area contributed by atoms with E-state index < -0.39 is 0 Å². The number of hydrogen-bond acceptors (Lipinski definition) is 3. The highest BCUT2D eigenvalue weighted by atomic mass is 16.5. The fraction of sp³-hybridized carbons (Fsp3) is 1.00. The SMILES string of the molecule is CC(C)N1CC(N2CC3CC2CO3)C1. The standard InChI is InChI=1S/C11H20N2O/c1-8(2)12-4-10(5-12)13-6-11-3-9(13)7-14-11/h8-11H,3-7H2,1-2H3. The molecule has 2 unspecified atom stereocenters. The number of morpholine rings is 1. The monoisotopic (exact) mass is 196 g/mol. The molecular formula is C11H20N2O. The molecule has 3 heterocycles. The Kier molecular flexibility index (Phi) is 2.08. The minimum atomic E-state index is 0.563. The van der Waals surface area contributed by atoms with Gasteiger partial charge in [-0.15, -0.1) is 0 Å². The summed E-state index contributed by atoms with van der Waals surface area (Å²) in [7, 11) is 0. The van der Waals surface area contributed by atoms with Gasteiger partial charge in [0.2, 0.25) is 0 Å². The molecule has 0 amide bonds. The average molecular weight is 196 g/mol. The topological polar surface area (TPSA) is 15.7 Å². The van der Waals surface area contributed by atoms with E-state index in [-0.39, 0.29) is 0 Å². The number of nitrogens with zero attached hydrogens (tertiary/aromatic N) is 2. The molecule has 0 saturated carbocycles. The van der Waals surface area contributed by atoms with Crippen molar-refractivity contribution in [1.29, 1.82) is 0 Å². The molecule has 3 saturated heterocycles. The van der Waals surface area contributed by atoms with E-state index in [0.717, 1.165) is 24.7 Å². The molecule has 3 fully saturated rings. The Balaban J connectivity index is 1.55. The van der Waals surface area contributed by atoms with Crippen LogP contribution in [0.5, 0.6) is 0 Å². The van der Waals surface area contributed by atoms with Crippen LogP contribution in [0.25, 0.3) is 0 Å². The summed E-state index contributed by atoms with van der Waals surface area (Å²) in [5.41, 5.74) is 0. The molecule has 3 aliphatic heterocycles. The van der Waals surface area contributed by atoms with Gasteiger partial charge in [0, 0.05) is 37.8 Å². The van der Waals surface area contributed by atoms with Gasteiger partial charge in [-0.05, 0) is 20.3 Å². The lowest BCUT2D eigenvalue weighted by molar-refractivity contribution is -0.0432. The summed E-state index contributed by atoms with van der Waals surface area (Å²) in [4.78, 5) is 5.24. The van der Waals surface area contributed by atoms with Gasteiger partial charge >= 0.3 is 0 Å². The first-order chi connectivity index (χ1) is 6.74. The third-order valence-corrected chi connectivity index (χ3v) is 4.03. The molecule has 0 aromatic rings. The van der Waals surface area contributed by atoms with E-state index in [9.17, 15) is 0 Å². The van der Waals surface area contributed by atoms with Gasteiger partial charge in [-0.25, -0.2) is 0 Å². The number of hydrogen-bond donors (Lipinski definition) is 0. The zero-order valence-corrected chi connectivity index (χ0v) is 9.15. The van der Waals surface area contributed by atoms with Gasteiger partial charge in [0.15, 0.2) is 0 Å². The Morgan fingerprint density at radius 3 is 2.43 bits per heavy atom. The van der Waals surface area contributed by atoms with Gasteiger partial charge in [-0.2, -0.15) is 0 Å². The summed E-state index contributed by atoms with van der Waals surface area (Å²) in [6, 6.07) is 2.30. The van der Waals surface area contributed by atoms with Gasteiger partial charge in [-0.3, -0.25) is 9.80 Å². The van der Waals surface area contributed by atoms with Crippen molar-refractivity contribution in [2.24, 2.45) is 0 Å². The van der Waals surface area contributed by atoms with Crippen LogP contribution in [0, 0.1) is 0 Å². The van der Waals surface area contributed by atoms with Gasteiger partial charge in [0.05, 0.1) is 12.7 Å². The minimum absolute atomic E-state index is 0.563. The smallest absolute Gasteiger partial charge is 0.0718 e. The van der Waals surface area contributed by atoms with Crippen LogP contribution >= 0.6 is 0 Å². The van der Waals surface area contributed by atoms with Crippen molar-refractivity contribution < 1.29 is 4.74 Å². The van der Waals surface area contributed by atoms with Crippen LogP contribution in [0.2, 0.25) is 0 Å². The Morgan fingerprint density at radius 2 is 1.93 bits per heavy atom. The molecular weight excluding hydrogens is 176 g/mol. The Labute approximate surface area is 86.0 Å². The lowest BCUT2D eigenvalue weighted by Crippen LogP contribution is -2.63. The molecule has 0 N–H and O–H groups in total. The van der Waals surface area contributed by atoms with Crippen LogP contribution < -0.4 is 0 Å². The summed E-state index contributed by atoms with van der Waals surface area (Å²) >= 11 is 0. The number of ether oxygens (including phenoxy) is 1. The highest BCUT2D eigenvalue weighted by Crippen LogP contribution is 2.32. The summed E-state index contributed by atoms with van der Waals surface area (Å²) in [6.07, 6.45) is 1.85. The molecule has 2 atom stereocenters. The quantitative estimate of drug-likeness (QED) is 0.641. The van der Waals surface area contributed by atoms with E-state index >= 15 is 0 Å². The normalized spacial score (nSPS) is 39.6. The predicted molar refractivity (Wildman–Crippen MR) is 55.3 cm³/mol. The van der Waals surface area contributed by atoms with Crippen LogP contribution in [-0.4, -0.2) is 60.3 Å². The highest BCUT2D eigenvalue weighted by Gasteiger charge is 2.45. The van der Waals surface area contributed by atoms with Gasteiger partial charge in [0.25, 0.3) is 0 Å². The molecule has 0 spiro atoms. The molecule has 3 heteroatoms. The zero-order valence-electron chi connectivity index (χ0n) is 9.15. The second kappa shape index (κ2) is 3.19. The maximum absolute atomic E-state index is 5.62. The van der Waals surface area contributed by atoms with Crippen molar-refractivity contribution in [2.75, 3.05) is 26.2 Å². The van der Waals surface area contributed by atoms with Crippen molar-refractivity contribution in [2.45, 2.75) is 44.5 Å². The fourth-order valence-electron chi connectivity index (χ4n) is 3.00. The Bertz CT molecular complexity index is 225. The van der Waals surface area contributed by atoms with Crippen LogP contribution in [0.1, 0.15) is 20.3 Å². The maximum Gasteiger partial charge on any atom is 0.0718 e. The predicted octanol–water partition coefficient (Wildman–Crippen LogP) is 0.552. The Hall–Kier alpha value is -0.120. The number of likely N-dealkylation sites (tertiary alicyclic amines) is 2. The summed E-state index contributed by atoms with van der Waals surface area (Å²) in [5, 5.41) is 0. The van der Waals surface area contributed by atoms with E-state index in [1.165, 1.54) is 26.1 Å². The molecule has 0 radical (unpaired) electrons. The summed E-state index contributed by atoms with van der Waals surface area (Å²) in [5.74, 6) is 0. The van der Waals surface area contributed by atoms with Crippen LogP contribution in [0.4, 0.5) is 0 Å². The van der Waals surface area contributed by atoms with Crippen LogP contribution in [0.3, 0.4) is 0 Å². The molecule has 14 heavy (non-hydrogen) atoms. The van der Waals surface area contributed by atoms with E-state index in [4.69, 9.17) is 4.74 Å². The first-order valence-electron chi connectivity index (χ1n) is 5.85. The van der Waals surface area contributed by atoms with Crippen molar-refractivity contribution in [3.05, 3.63) is 0 Å². The van der Waals surface area contributed by atoms with E-state index in [1.54, 1.807) is 0 Å². The number of rotatable bonds is 2. The Morgan fingerprint density at radius 1 is 1.14 bits per heavy atom. The second-order valence-electron chi connectivity index (χ2n) is 5.24. The lowest BCUT2D eigenvalue weighted by atomic mass is 10.0. The van der Waals surface area contributed by atoms with E-state index in [0.29, 0.717) is 6.10 Å². The van der Waals surface area contributed by atoms with Gasteiger partial charge < -0.3 is 4.74 Å². The first-order valence-corrected chi connectivity index (χ1v) is 5.85. The maximum atomic E-state index is 5.62. The highest BCUT2D eigenvalue weighted by molar-refractivity contribution is 5.00. The molecule has 80 valence electrons. The molecule has 3 rings (SSSR count). The van der Waals surface area contributed by atoms with Crippen LogP contribution in [-0.2, 0) is 4.74 Å². The largest absolute Gasteiger partial charge is 0.375 e. The third kappa shape index (κ3) is 1.30. The van der Waals surface area contributed by atoms with E-state index in [2.05, 4.69) is 23.6 Å². The van der Waals surface area contributed by atoms with E-state index in [1.807, 2.05) is 0 Å². The molecule has 0 aromatic heterocycles. The molecule has 0 aromatic carbocycles.